The number of amides is 1. The number of nitrogens with zero attached hydrogens (tertiary/aromatic N) is 1. The minimum absolute atomic E-state index is 0.0272. The van der Waals surface area contributed by atoms with Gasteiger partial charge in [0.15, 0.2) is 0 Å². The van der Waals surface area contributed by atoms with Crippen LogP contribution >= 0.6 is 0 Å². The van der Waals surface area contributed by atoms with Gasteiger partial charge in [-0.15, -0.1) is 0 Å². The lowest BCUT2D eigenvalue weighted by atomic mass is 10.1. The Balaban J connectivity index is 1.94. The minimum atomic E-state index is 0.0272. The van der Waals surface area contributed by atoms with E-state index in [1.807, 2.05) is 18.2 Å². The van der Waals surface area contributed by atoms with Crippen LogP contribution in [0.1, 0.15) is 36.7 Å². The molecule has 1 aromatic rings. The van der Waals surface area contributed by atoms with Gasteiger partial charge in [0.1, 0.15) is 0 Å². The van der Waals surface area contributed by atoms with E-state index < -0.39 is 0 Å². The lowest BCUT2D eigenvalue weighted by Crippen LogP contribution is -2.41. The van der Waals surface area contributed by atoms with E-state index in [4.69, 9.17) is 0 Å². The van der Waals surface area contributed by atoms with Gasteiger partial charge in [-0.2, -0.15) is 0 Å². The second-order valence-electron chi connectivity index (χ2n) is 5.41. The number of carbonyl (C=O) groups is 1. The van der Waals surface area contributed by atoms with E-state index in [9.17, 15) is 4.79 Å². The van der Waals surface area contributed by atoms with Gasteiger partial charge < -0.3 is 15.5 Å². The van der Waals surface area contributed by atoms with Gasteiger partial charge in [-0.3, -0.25) is 4.79 Å². The summed E-state index contributed by atoms with van der Waals surface area (Å²) in [4.78, 5) is 14.6. The third-order valence-corrected chi connectivity index (χ3v) is 3.88. The molecule has 0 radical (unpaired) electrons. The maximum absolute atomic E-state index is 12.3. The van der Waals surface area contributed by atoms with E-state index in [-0.39, 0.29) is 11.9 Å². The van der Waals surface area contributed by atoms with Crippen LogP contribution in [0.5, 0.6) is 0 Å². The molecule has 0 saturated carbocycles. The summed E-state index contributed by atoms with van der Waals surface area (Å²) >= 11 is 0. The Kier molecular flexibility index (Phi) is 5.01. The Morgan fingerprint density at radius 1 is 1.40 bits per heavy atom. The van der Waals surface area contributed by atoms with E-state index in [0.717, 1.165) is 43.9 Å². The van der Waals surface area contributed by atoms with Crippen LogP contribution in [0.4, 0.5) is 5.69 Å². The van der Waals surface area contributed by atoms with Crippen LogP contribution in [-0.2, 0) is 6.42 Å². The van der Waals surface area contributed by atoms with Crippen molar-refractivity contribution < 1.29 is 4.79 Å². The van der Waals surface area contributed by atoms with Crippen molar-refractivity contribution in [2.45, 2.75) is 33.2 Å². The fourth-order valence-electron chi connectivity index (χ4n) is 2.67. The number of hydrogen-bond donors (Lipinski definition) is 2. The van der Waals surface area contributed by atoms with Gasteiger partial charge in [-0.25, -0.2) is 0 Å². The molecule has 0 spiro atoms. The van der Waals surface area contributed by atoms with E-state index in [0.29, 0.717) is 0 Å². The molecule has 1 unspecified atom stereocenters. The van der Waals surface area contributed by atoms with Crippen molar-refractivity contribution in [2.75, 3.05) is 31.5 Å². The maximum Gasteiger partial charge on any atom is 0.251 e. The van der Waals surface area contributed by atoms with Crippen LogP contribution in [-0.4, -0.2) is 43.0 Å². The molecule has 1 heterocycles. The Labute approximate surface area is 121 Å². The highest BCUT2D eigenvalue weighted by molar-refractivity contribution is 5.95. The van der Waals surface area contributed by atoms with Crippen molar-refractivity contribution in [2.24, 2.45) is 0 Å². The SMILES string of the molecule is CCN(CC)CC(C)NC(=O)c1ccc2c(c1)CCN2. The molecule has 1 aromatic carbocycles. The summed E-state index contributed by atoms with van der Waals surface area (Å²) in [7, 11) is 0. The van der Waals surface area contributed by atoms with Gasteiger partial charge in [0, 0.05) is 30.4 Å². The zero-order chi connectivity index (χ0) is 14.5. The highest BCUT2D eigenvalue weighted by Crippen LogP contribution is 2.22. The number of nitrogens with one attached hydrogen (secondary N) is 2. The summed E-state index contributed by atoms with van der Waals surface area (Å²) in [6.45, 7) is 10.2. The number of hydrogen-bond acceptors (Lipinski definition) is 3. The van der Waals surface area contributed by atoms with Crippen LogP contribution in [0.15, 0.2) is 18.2 Å². The van der Waals surface area contributed by atoms with Gasteiger partial charge in [-0.05, 0) is 50.2 Å². The summed E-state index contributed by atoms with van der Waals surface area (Å²) in [5.41, 5.74) is 3.17. The van der Waals surface area contributed by atoms with Crippen molar-refractivity contribution in [3.63, 3.8) is 0 Å². The monoisotopic (exact) mass is 275 g/mol. The van der Waals surface area contributed by atoms with Crippen molar-refractivity contribution in [3.05, 3.63) is 29.3 Å². The average molecular weight is 275 g/mol. The Bertz CT molecular complexity index is 469. The highest BCUT2D eigenvalue weighted by atomic mass is 16.1. The van der Waals surface area contributed by atoms with Gasteiger partial charge in [-0.1, -0.05) is 13.8 Å². The summed E-state index contributed by atoms with van der Waals surface area (Å²) in [6.07, 6.45) is 1.01. The predicted octanol–water partition coefficient (Wildman–Crippen LogP) is 2.11. The number of anilines is 1. The summed E-state index contributed by atoms with van der Waals surface area (Å²) in [5.74, 6) is 0.0272. The molecule has 0 bridgehead atoms. The first-order valence-electron chi connectivity index (χ1n) is 7.54. The lowest BCUT2D eigenvalue weighted by molar-refractivity contribution is 0.0930. The van der Waals surface area contributed by atoms with Crippen molar-refractivity contribution in [1.29, 1.82) is 0 Å². The van der Waals surface area contributed by atoms with Crippen LogP contribution in [0.25, 0.3) is 0 Å². The molecule has 0 saturated heterocycles. The second kappa shape index (κ2) is 6.75. The molecule has 0 fully saturated rings. The van der Waals surface area contributed by atoms with E-state index in [1.165, 1.54) is 5.56 Å². The molecule has 20 heavy (non-hydrogen) atoms. The number of carbonyl (C=O) groups excluding carboxylic acids is 1. The second-order valence-corrected chi connectivity index (χ2v) is 5.41. The topological polar surface area (TPSA) is 44.4 Å². The zero-order valence-corrected chi connectivity index (χ0v) is 12.7. The molecule has 2 N–H and O–H groups in total. The van der Waals surface area contributed by atoms with Crippen molar-refractivity contribution >= 4 is 11.6 Å². The zero-order valence-electron chi connectivity index (χ0n) is 12.7. The molecule has 1 aliphatic rings. The third kappa shape index (κ3) is 3.51. The summed E-state index contributed by atoms with van der Waals surface area (Å²) < 4.78 is 0. The lowest BCUT2D eigenvalue weighted by Gasteiger charge is -2.23. The van der Waals surface area contributed by atoms with Crippen LogP contribution in [0, 0.1) is 0 Å². The van der Waals surface area contributed by atoms with Crippen LogP contribution < -0.4 is 10.6 Å². The first kappa shape index (κ1) is 14.9. The van der Waals surface area contributed by atoms with Gasteiger partial charge in [0.2, 0.25) is 0 Å². The first-order valence-corrected chi connectivity index (χ1v) is 7.54. The number of fused-ring (bicyclic) bond motifs is 1. The number of likely N-dealkylation sites (N-methyl/N-ethyl adjacent to an activating group) is 1. The molecular weight excluding hydrogens is 250 g/mol. The summed E-state index contributed by atoms with van der Waals surface area (Å²) in [5, 5.41) is 6.40. The Morgan fingerprint density at radius 2 is 2.15 bits per heavy atom. The van der Waals surface area contributed by atoms with Gasteiger partial charge >= 0.3 is 0 Å². The van der Waals surface area contributed by atoms with E-state index in [1.54, 1.807) is 0 Å². The van der Waals surface area contributed by atoms with Crippen molar-refractivity contribution in [1.82, 2.24) is 10.2 Å². The molecule has 110 valence electrons. The van der Waals surface area contributed by atoms with Crippen molar-refractivity contribution in [3.8, 4) is 0 Å². The molecule has 4 nitrogen and oxygen atoms in total. The summed E-state index contributed by atoms with van der Waals surface area (Å²) in [6, 6.07) is 6.08. The third-order valence-electron chi connectivity index (χ3n) is 3.88. The maximum atomic E-state index is 12.3. The van der Waals surface area contributed by atoms with E-state index in [2.05, 4.69) is 36.3 Å². The minimum Gasteiger partial charge on any atom is -0.384 e. The van der Waals surface area contributed by atoms with Gasteiger partial charge in [0.05, 0.1) is 0 Å². The molecule has 1 aliphatic heterocycles. The Morgan fingerprint density at radius 3 is 2.85 bits per heavy atom. The molecule has 1 amide bonds. The molecule has 0 aromatic heterocycles. The average Bonchev–Trinajstić information content (AvgIpc) is 2.91. The quantitative estimate of drug-likeness (QED) is 0.836. The highest BCUT2D eigenvalue weighted by Gasteiger charge is 2.15. The molecule has 2 rings (SSSR count). The normalized spacial score (nSPS) is 14.8. The molecular formula is C16H25N3O. The van der Waals surface area contributed by atoms with Gasteiger partial charge in [0.25, 0.3) is 5.91 Å². The fourth-order valence-corrected chi connectivity index (χ4v) is 2.67. The number of benzene rings is 1. The number of rotatable bonds is 6. The molecule has 4 heteroatoms. The smallest absolute Gasteiger partial charge is 0.251 e. The van der Waals surface area contributed by atoms with E-state index >= 15 is 0 Å². The largest absolute Gasteiger partial charge is 0.384 e. The molecule has 0 aliphatic carbocycles. The predicted molar refractivity (Wildman–Crippen MR) is 83.4 cm³/mol. The molecule has 1 atom stereocenters. The fraction of sp³-hybridized carbons (Fsp3) is 0.562. The van der Waals surface area contributed by atoms with Crippen LogP contribution in [0.3, 0.4) is 0 Å². The first-order chi connectivity index (χ1) is 9.63. The Hall–Kier alpha value is -1.55. The van der Waals surface area contributed by atoms with Crippen LogP contribution in [0.2, 0.25) is 0 Å². The standard InChI is InChI=1S/C16H25N3O/c1-4-19(5-2)11-12(3)18-16(20)14-6-7-15-13(10-14)8-9-17-15/h6-7,10,12,17H,4-5,8-9,11H2,1-3H3,(H,18,20).